The number of nitrogens with two attached hydrogens (primary N) is 1. The van der Waals surface area contributed by atoms with Crippen LogP contribution in [0.15, 0.2) is 0 Å². The molecule has 0 aromatic carbocycles. The Morgan fingerprint density at radius 1 is 1.20 bits per heavy atom. The average Bonchev–Trinajstić information content (AvgIpc) is 3.02. The number of hydrogen-bond donors (Lipinski definition) is 3. The summed E-state index contributed by atoms with van der Waals surface area (Å²) in [6.45, 7) is 0.616. The predicted molar refractivity (Wildman–Crippen MR) is 101 cm³/mol. The van der Waals surface area contributed by atoms with E-state index >= 15 is 0 Å². The van der Waals surface area contributed by atoms with Gasteiger partial charge in [-0.25, -0.2) is 8.42 Å². The molecule has 1 aliphatic heterocycles. The molecule has 1 atom stereocenters. The first-order valence-electron chi connectivity index (χ1n) is 8.52. The summed E-state index contributed by atoms with van der Waals surface area (Å²) in [5.74, 6) is 0.774. The molecule has 3 N–H and O–H groups in total. The van der Waals surface area contributed by atoms with Crippen LogP contribution in [0.25, 0.3) is 0 Å². The molecule has 1 saturated heterocycles. The van der Waals surface area contributed by atoms with Gasteiger partial charge in [-0.2, -0.15) is 11.8 Å². The first-order chi connectivity index (χ1) is 11.9. The Morgan fingerprint density at radius 2 is 1.96 bits per heavy atom. The van der Waals surface area contributed by atoms with Gasteiger partial charge in [0.25, 0.3) is 0 Å². The normalized spacial score (nSPS) is 16.8. The summed E-state index contributed by atoms with van der Waals surface area (Å²) in [6.07, 6.45) is 5.41. The van der Waals surface area contributed by atoms with Crippen molar-refractivity contribution in [2.45, 2.75) is 50.9 Å². The van der Waals surface area contributed by atoms with Crippen LogP contribution in [0, 0.1) is 0 Å². The van der Waals surface area contributed by atoms with Gasteiger partial charge in [0.1, 0.15) is 6.04 Å². The number of unbranched alkanes of at least 4 members (excludes halogenated alkanes) is 2. The van der Waals surface area contributed by atoms with E-state index in [4.69, 9.17) is 5.73 Å². The summed E-state index contributed by atoms with van der Waals surface area (Å²) < 4.78 is 22.4. The number of carbonyl (C=O) groups is 3. The summed E-state index contributed by atoms with van der Waals surface area (Å²) >= 11 is 1.70. The van der Waals surface area contributed by atoms with Gasteiger partial charge in [-0.05, 0) is 25.0 Å². The third-order valence-electron chi connectivity index (χ3n) is 4.02. The van der Waals surface area contributed by atoms with Gasteiger partial charge in [0, 0.05) is 18.7 Å². The molecule has 0 saturated carbocycles. The molecule has 0 spiro atoms. The third-order valence-corrected chi connectivity index (χ3v) is 5.52. The number of thioether (sulfide) groups is 1. The topological polar surface area (TPSA) is 127 Å². The van der Waals surface area contributed by atoms with E-state index in [1.807, 2.05) is 4.72 Å². The molecular weight excluding hydrogens is 365 g/mol. The number of thiol groups is 1. The molecular formula is C14H26BN3O5S2. The summed E-state index contributed by atoms with van der Waals surface area (Å²) in [6, 6.07) is -0.436. The van der Waals surface area contributed by atoms with Crippen LogP contribution in [-0.4, -0.2) is 62.3 Å². The molecule has 1 rings (SSSR count). The smallest absolute Gasteiger partial charge is 0.240 e. The maximum absolute atomic E-state index is 12.1. The molecule has 0 aromatic heterocycles. The van der Waals surface area contributed by atoms with Crippen molar-refractivity contribution in [3.8, 4) is 0 Å². The average molecular weight is 391 g/mol. The van der Waals surface area contributed by atoms with Crippen LogP contribution in [0.3, 0.4) is 0 Å². The number of nitrogens with one attached hydrogen (secondary N) is 1. The summed E-state index contributed by atoms with van der Waals surface area (Å²) in [4.78, 5) is 36.1. The Hall–Kier alpha value is -1.23. The first-order valence-corrected chi connectivity index (χ1v) is 10.9. The lowest BCUT2D eigenvalue weighted by atomic mass is 9.72. The minimum Gasteiger partial charge on any atom is -0.368 e. The van der Waals surface area contributed by atoms with Gasteiger partial charge in [0.05, 0.1) is 0 Å². The van der Waals surface area contributed by atoms with E-state index in [0.29, 0.717) is 25.7 Å². The fourth-order valence-corrected chi connectivity index (χ4v) is 4.01. The second kappa shape index (κ2) is 12.2. The zero-order valence-corrected chi connectivity index (χ0v) is 16.0. The van der Waals surface area contributed by atoms with Crippen LogP contribution in [0.4, 0.5) is 4.79 Å². The van der Waals surface area contributed by atoms with Crippen molar-refractivity contribution in [3.05, 3.63) is 0 Å². The largest absolute Gasteiger partial charge is 0.368 e. The lowest BCUT2D eigenvalue weighted by molar-refractivity contribution is -0.136. The summed E-state index contributed by atoms with van der Waals surface area (Å²) in [7, 11) is -2.63. The molecule has 25 heavy (non-hydrogen) atoms. The fraction of sp³-hybridized carbons (Fsp3) is 0.786. The van der Waals surface area contributed by atoms with Crippen molar-refractivity contribution in [1.82, 2.24) is 9.62 Å². The van der Waals surface area contributed by atoms with Crippen molar-refractivity contribution in [2.75, 3.05) is 18.1 Å². The SMILES string of the molecule is NC(=O)[C@@H]1CCCN1C(=O)CCSCCCCCBC(=O)N[SH](=O)=O. The Morgan fingerprint density at radius 3 is 2.64 bits per heavy atom. The second-order valence-electron chi connectivity index (χ2n) is 5.97. The predicted octanol–water partition coefficient (Wildman–Crippen LogP) is -0.153. The molecule has 3 amide bonds. The molecule has 0 bridgehead atoms. The molecule has 142 valence electrons. The van der Waals surface area contributed by atoms with E-state index in [0.717, 1.165) is 37.2 Å². The number of rotatable bonds is 12. The van der Waals surface area contributed by atoms with Crippen molar-refractivity contribution < 1.29 is 22.8 Å². The van der Waals surface area contributed by atoms with Crippen LogP contribution in [-0.2, 0) is 20.5 Å². The molecule has 1 heterocycles. The highest BCUT2D eigenvalue weighted by Gasteiger charge is 2.31. The quantitative estimate of drug-likeness (QED) is 0.241. The molecule has 1 fully saturated rings. The number of likely N-dealkylation sites (tertiary alicyclic amines) is 1. The monoisotopic (exact) mass is 391 g/mol. The van der Waals surface area contributed by atoms with Gasteiger partial charge >= 0.3 is 0 Å². The van der Waals surface area contributed by atoms with Crippen LogP contribution in [0.5, 0.6) is 0 Å². The van der Waals surface area contributed by atoms with Crippen molar-refractivity contribution in [1.29, 1.82) is 0 Å². The zero-order valence-electron chi connectivity index (χ0n) is 14.3. The highest BCUT2D eigenvalue weighted by Crippen LogP contribution is 2.19. The van der Waals surface area contributed by atoms with Crippen LogP contribution < -0.4 is 10.5 Å². The van der Waals surface area contributed by atoms with Gasteiger partial charge in [-0.15, -0.1) is 0 Å². The number of nitrogens with zero attached hydrogens (tertiary/aromatic N) is 1. The number of primary amides is 1. The van der Waals surface area contributed by atoms with E-state index in [1.165, 1.54) is 0 Å². The van der Waals surface area contributed by atoms with Crippen molar-refractivity contribution >= 4 is 47.6 Å². The Bertz CT molecular complexity index is 537. The first kappa shape index (κ1) is 21.8. The van der Waals surface area contributed by atoms with Gasteiger partial charge in [0.2, 0.25) is 30.0 Å². The fourth-order valence-electron chi connectivity index (χ4n) is 2.77. The van der Waals surface area contributed by atoms with E-state index in [9.17, 15) is 22.8 Å². The van der Waals surface area contributed by atoms with E-state index in [1.54, 1.807) is 16.7 Å². The number of carbonyl (C=O) groups excluding carboxylic acids is 3. The lowest BCUT2D eigenvalue weighted by Gasteiger charge is -2.22. The Balaban J connectivity index is 1.99. The molecule has 0 aliphatic carbocycles. The maximum Gasteiger partial charge on any atom is 0.240 e. The molecule has 0 radical (unpaired) electrons. The van der Waals surface area contributed by atoms with Crippen molar-refractivity contribution in [2.24, 2.45) is 5.73 Å². The van der Waals surface area contributed by atoms with E-state index in [2.05, 4.69) is 0 Å². The summed E-state index contributed by atoms with van der Waals surface area (Å²) in [5.41, 5.74) is 5.31. The third kappa shape index (κ3) is 9.15. The molecule has 1 aliphatic rings. The van der Waals surface area contributed by atoms with Gasteiger partial charge in [-0.1, -0.05) is 19.2 Å². The highest BCUT2D eigenvalue weighted by atomic mass is 32.2. The zero-order chi connectivity index (χ0) is 18.7. The lowest BCUT2D eigenvalue weighted by Crippen LogP contribution is -2.43. The van der Waals surface area contributed by atoms with Crippen LogP contribution >= 0.6 is 11.8 Å². The van der Waals surface area contributed by atoms with Crippen LogP contribution in [0.1, 0.15) is 38.5 Å². The molecule has 11 heteroatoms. The molecule has 0 aromatic rings. The minimum absolute atomic E-state index is 0.00322. The van der Waals surface area contributed by atoms with Gasteiger partial charge in [-0.3, -0.25) is 19.1 Å². The minimum atomic E-state index is -2.85. The van der Waals surface area contributed by atoms with E-state index in [-0.39, 0.29) is 13.2 Å². The molecule has 0 unspecified atom stereocenters. The maximum atomic E-state index is 12.1. The van der Waals surface area contributed by atoms with Crippen LogP contribution in [0.2, 0.25) is 6.32 Å². The second-order valence-corrected chi connectivity index (χ2v) is 7.93. The standard InChI is InChI=1S/C14H26BN3O5S2/c16-13(20)11-5-4-8-18(11)12(19)6-10-24-9-3-1-2-7-15-14(21)17-25(22)23/h11,15,25H,1-10H2,(H2,16,20)(H,17,21,22,23)/t11-/m0/s1. The number of amides is 3. The van der Waals surface area contributed by atoms with Gasteiger partial charge in [0.15, 0.2) is 5.81 Å². The van der Waals surface area contributed by atoms with E-state index < -0.39 is 28.6 Å². The summed E-state index contributed by atoms with van der Waals surface area (Å²) in [5, 5.41) is 0. The Kier molecular flexibility index (Phi) is 10.6. The molecule has 8 nitrogen and oxygen atoms in total. The Labute approximate surface area is 155 Å². The van der Waals surface area contributed by atoms with Crippen molar-refractivity contribution in [3.63, 3.8) is 0 Å². The highest BCUT2D eigenvalue weighted by molar-refractivity contribution is 7.99. The van der Waals surface area contributed by atoms with Gasteiger partial charge < -0.3 is 10.6 Å². The number of hydrogen-bond acceptors (Lipinski definition) is 6.